The van der Waals surface area contributed by atoms with Gasteiger partial charge in [-0.2, -0.15) is 4.68 Å². The summed E-state index contributed by atoms with van der Waals surface area (Å²) in [6.45, 7) is 0. The zero-order valence-corrected chi connectivity index (χ0v) is 12.9. The highest BCUT2D eigenvalue weighted by Gasteiger charge is 2.18. The van der Waals surface area contributed by atoms with Crippen LogP contribution >= 0.6 is 0 Å². The average molecular weight is 324 g/mol. The lowest BCUT2D eigenvalue weighted by Crippen LogP contribution is -2.19. The second-order valence-corrected chi connectivity index (χ2v) is 5.19. The normalized spacial score (nSPS) is 11.2. The van der Waals surface area contributed by atoms with Crippen molar-refractivity contribution >= 4 is 22.6 Å². The number of ether oxygens (including phenoxy) is 1. The minimum atomic E-state index is -0.656. The van der Waals surface area contributed by atoms with Gasteiger partial charge in [0.1, 0.15) is 23.4 Å². The topological polar surface area (TPSA) is 96.3 Å². The second-order valence-electron chi connectivity index (χ2n) is 5.19. The number of benzene rings is 1. The Morgan fingerprint density at radius 1 is 1.25 bits per heavy atom. The first kappa shape index (κ1) is 14.1. The van der Waals surface area contributed by atoms with E-state index < -0.39 is 6.09 Å². The molecule has 0 saturated heterocycles. The van der Waals surface area contributed by atoms with Gasteiger partial charge >= 0.3 is 6.09 Å². The molecule has 0 aliphatic heterocycles. The van der Waals surface area contributed by atoms with Crippen molar-refractivity contribution in [2.24, 2.45) is 7.05 Å². The van der Waals surface area contributed by atoms with Crippen LogP contribution in [0.5, 0.6) is 0 Å². The smallest absolute Gasteiger partial charge is 0.435 e. The van der Waals surface area contributed by atoms with Gasteiger partial charge in [-0.3, -0.25) is 13.8 Å². The quantitative estimate of drug-likeness (QED) is 0.519. The predicted molar refractivity (Wildman–Crippen MR) is 84.8 cm³/mol. The lowest BCUT2D eigenvalue weighted by atomic mass is 10.2. The van der Waals surface area contributed by atoms with Gasteiger partial charge in [-0.15, -0.1) is 5.10 Å². The van der Waals surface area contributed by atoms with Gasteiger partial charge in [0.2, 0.25) is 0 Å². The summed E-state index contributed by atoms with van der Waals surface area (Å²) in [5.41, 5.74) is 1.99. The first-order valence-electron chi connectivity index (χ1n) is 7.07. The van der Waals surface area contributed by atoms with Gasteiger partial charge in [-0.1, -0.05) is 17.3 Å². The van der Waals surface area contributed by atoms with Crippen molar-refractivity contribution in [3.63, 3.8) is 0 Å². The molecule has 0 fully saturated rings. The first-order valence-corrected chi connectivity index (χ1v) is 7.07. The predicted octanol–water partition coefficient (Wildman–Crippen LogP) is 1.06. The molecule has 24 heavy (non-hydrogen) atoms. The summed E-state index contributed by atoms with van der Waals surface area (Å²) in [6, 6.07) is 7.29. The van der Waals surface area contributed by atoms with Crippen LogP contribution in [0.1, 0.15) is 0 Å². The van der Waals surface area contributed by atoms with Crippen LogP contribution in [0.15, 0.2) is 41.6 Å². The molecule has 1 aromatic carbocycles. The Kier molecular flexibility index (Phi) is 2.95. The number of imidazole rings is 1. The first-order chi connectivity index (χ1) is 11.6. The van der Waals surface area contributed by atoms with E-state index in [0.29, 0.717) is 22.4 Å². The van der Waals surface area contributed by atoms with Gasteiger partial charge < -0.3 is 4.74 Å². The van der Waals surface area contributed by atoms with E-state index in [9.17, 15) is 9.59 Å². The van der Waals surface area contributed by atoms with E-state index in [2.05, 4.69) is 20.0 Å². The van der Waals surface area contributed by atoms with Crippen LogP contribution in [0.25, 0.3) is 27.9 Å². The lowest BCUT2D eigenvalue weighted by Gasteiger charge is -2.07. The minimum Gasteiger partial charge on any atom is -0.451 e. The van der Waals surface area contributed by atoms with Crippen LogP contribution < -0.4 is 5.56 Å². The zero-order valence-electron chi connectivity index (χ0n) is 12.9. The Balaban J connectivity index is 2.03. The summed E-state index contributed by atoms with van der Waals surface area (Å²) in [6.07, 6.45) is 2.37. The van der Waals surface area contributed by atoms with Gasteiger partial charge in [0.05, 0.1) is 24.2 Å². The molecule has 4 aromatic rings. The van der Waals surface area contributed by atoms with Crippen LogP contribution in [0.2, 0.25) is 0 Å². The molecule has 3 heterocycles. The van der Waals surface area contributed by atoms with Crippen molar-refractivity contribution in [1.29, 1.82) is 0 Å². The maximum Gasteiger partial charge on any atom is 0.435 e. The number of aryl methyl sites for hydroxylation is 1. The Labute approximate surface area is 134 Å². The number of aromatic nitrogens is 6. The number of hydrogen-bond donors (Lipinski definition) is 0. The Morgan fingerprint density at radius 3 is 2.83 bits per heavy atom. The molecule has 0 bridgehead atoms. The molecule has 4 rings (SSSR count). The monoisotopic (exact) mass is 324 g/mol. The number of para-hydroxylation sites is 1. The van der Waals surface area contributed by atoms with Crippen molar-refractivity contribution in [3.05, 3.63) is 47.1 Å². The molecule has 0 aliphatic carbocycles. The molecular weight excluding hydrogens is 312 g/mol. The fraction of sp³-hybridized carbons (Fsp3) is 0.133. The molecule has 0 unspecified atom stereocenters. The maximum atomic E-state index is 12.6. The van der Waals surface area contributed by atoms with Crippen LogP contribution in [-0.4, -0.2) is 42.1 Å². The SMILES string of the molecule is COC(=O)n1cc(-c2ncn3c4ccccc4c(=O)n(C)c23)nn1. The highest BCUT2D eigenvalue weighted by molar-refractivity contribution is 5.84. The fourth-order valence-corrected chi connectivity index (χ4v) is 2.72. The third-order valence-corrected chi connectivity index (χ3v) is 3.86. The summed E-state index contributed by atoms with van der Waals surface area (Å²) >= 11 is 0. The Morgan fingerprint density at radius 2 is 2.04 bits per heavy atom. The molecule has 120 valence electrons. The molecule has 0 saturated carbocycles. The second kappa shape index (κ2) is 5.01. The van der Waals surface area contributed by atoms with Gasteiger partial charge in [-0.05, 0) is 12.1 Å². The fourth-order valence-electron chi connectivity index (χ4n) is 2.72. The minimum absolute atomic E-state index is 0.139. The summed E-state index contributed by atoms with van der Waals surface area (Å²) in [4.78, 5) is 28.5. The molecule has 3 aromatic heterocycles. The van der Waals surface area contributed by atoms with Gasteiger partial charge in [-0.25, -0.2) is 9.78 Å². The highest BCUT2D eigenvalue weighted by Crippen LogP contribution is 2.22. The van der Waals surface area contributed by atoms with Crippen LogP contribution in [0.4, 0.5) is 4.79 Å². The van der Waals surface area contributed by atoms with E-state index in [1.54, 1.807) is 19.4 Å². The molecule has 0 amide bonds. The highest BCUT2D eigenvalue weighted by atomic mass is 16.5. The maximum absolute atomic E-state index is 12.6. The largest absolute Gasteiger partial charge is 0.451 e. The molecule has 0 radical (unpaired) electrons. The number of carbonyl (C=O) groups excluding carboxylic acids is 1. The number of carbonyl (C=O) groups is 1. The van der Waals surface area contributed by atoms with Gasteiger partial charge in [0, 0.05) is 7.05 Å². The summed E-state index contributed by atoms with van der Waals surface area (Å²) in [5, 5.41) is 8.26. The van der Waals surface area contributed by atoms with E-state index in [0.717, 1.165) is 10.2 Å². The summed E-state index contributed by atoms with van der Waals surface area (Å²) in [7, 11) is 2.92. The van der Waals surface area contributed by atoms with Crippen LogP contribution in [0.3, 0.4) is 0 Å². The average Bonchev–Trinajstić information content (AvgIpc) is 3.25. The van der Waals surface area contributed by atoms with Crippen molar-refractivity contribution in [1.82, 2.24) is 28.9 Å². The number of nitrogens with zero attached hydrogens (tertiary/aromatic N) is 6. The number of rotatable bonds is 1. The molecule has 0 spiro atoms. The van der Waals surface area contributed by atoms with Gasteiger partial charge in [0.25, 0.3) is 5.56 Å². The molecule has 9 heteroatoms. The third kappa shape index (κ3) is 1.84. The molecular formula is C15H12N6O3. The van der Waals surface area contributed by atoms with Crippen molar-refractivity contribution in [2.75, 3.05) is 7.11 Å². The molecule has 0 atom stereocenters. The molecule has 0 aliphatic rings. The van der Waals surface area contributed by atoms with Crippen molar-refractivity contribution < 1.29 is 9.53 Å². The Hall–Kier alpha value is -3.49. The number of hydrogen-bond acceptors (Lipinski definition) is 6. The lowest BCUT2D eigenvalue weighted by molar-refractivity contribution is 0.168. The van der Waals surface area contributed by atoms with Crippen molar-refractivity contribution in [3.8, 4) is 11.4 Å². The number of fused-ring (bicyclic) bond motifs is 3. The van der Waals surface area contributed by atoms with E-state index >= 15 is 0 Å². The molecule has 9 nitrogen and oxygen atoms in total. The van der Waals surface area contributed by atoms with E-state index in [1.165, 1.54) is 17.9 Å². The standard InChI is InChI=1S/C15H12N6O3/c1-19-13-12(10-7-21(18-17-10)15(23)24-2)16-8-20(13)11-6-4-3-5-9(11)14(19)22/h3-8H,1-2H3. The van der Waals surface area contributed by atoms with Crippen LogP contribution in [-0.2, 0) is 11.8 Å². The van der Waals surface area contributed by atoms with Crippen LogP contribution in [0, 0.1) is 0 Å². The van der Waals surface area contributed by atoms with Crippen molar-refractivity contribution in [2.45, 2.75) is 0 Å². The third-order valence-electron chi connectivity index (χ3n) is 3.86. The van der Waals surface area contributed by atoms with Gasteiger partial charge in [0.15, 0.2) is 0 Å². The van der Waals surface area contributed by atoms with E-state index in [4.69, 9.17) is 0 Å². The molecule has 0 N–H and O–H groups in total. The van der Waals surface area contributed by atoms with E-state index in [-0.39, 0.29) is 5.56 Å². The summed E-state index contributed by atoms with van der Waals surface area (Å²) < 4.78 is 8.88. The summed E-state index contributed by atoms with van der Waals surface area (Å²) in [5.74, 6) is 0. The zero-order chi connectivity index (χ0) is 16.8. The number of methoxy groups -OCH3 is 1. The Bertz CT molecular complexity index is 1150. The van der Waals surface area contributed by atoms with E-state index in [1.807, 2.05) is 22.6 Å².